The minimum Gasteiger partial charge on any atom is -0.372 e. The van der Waals surface area contributed by atoms with Gasteiger partial charge in [-0.2, -0.15) is 0 Å². The summed E-state index contributed by atoms with van der Waals surface area (Å²) < 4.78 is 2.25. The highest BCUT2D eigenvalue weighted by atomic mass is 127. The molecule has 106 valence electrons. The summed E-state index contributed by atoms with van der Waals surface area (Å²) in [5.74, 6) is 2.37. The first-order valence-corrected chi connectivity index (χ1v) is 9.44. The molecule has 2 aromatic heterocycles. The van der Waals surface area contributed by atoms with E-state index in [1.54, 1.807) is 11.3 Å². The van der Waals surface area contributed by atoms with Gasteiger partial charge in [-0.05, 0) is 62.8 Å². The molecule has 1 aliphatic rings. The molecule has 3 rings (SSSR count). The van der Waals surface area contributed by atoms with E-state index in [0.717, 1.165) is 21.0 Å². The van der Waals surface area contributed by atoms with E-state index >= 15 is 0 Å². The first-order valence-electron chi connectivity index (χ1n) is 6.69. The third-order valence-electron chi connectivity index (χ3n) is 3.68. The number of halogens is 2. The van der Waals surface area contributed by atoms with Crippen molar-refractivity contribution in [3.05, 3.63) is 25.2 Å². The van der Waals surface area contributed by atoms with Crippen molar-refractivity contribution in [3.63, 3.8) is 0 Å². The van der Waals surface area contributed by atoms with Gasteiger partial charge >= 0.3 is 0 Å². The Balaban J connectivity index is 2.12. The monoisotopic (exact) mass is 463 g/mol. The van der Waals surface area contributed by atoms with Crippen LogP contribution in [0, 0.1) is 3.57 Å². The van der Waals surface area contributed by atoms with Crippen LogP contribution >= 0.6 is 49.9 Å². The van der Waals surface area contributed by atoms with Gasteiger partial charge in [-0.15, -0.1) is 11.3 Å². The van der Waals surface area contributed by atoms with E-state index in [0.29, 0.717) is 5.92 Å². The standard InChI is InChI=1S/C14H15BrIN3S/c1-17-13-10(16)11(8-4-2-3-5-8)18-14(19-13)12-9(15)6-7-20-12/h6-8H,2-5H2,1H3,(H,17,18,19). The van der Waals surface area contributed by atoms with Crippen molar-refractivity contribution in [3.8, 4) is 10.7 Å². The van der Waals surface area contributed by atoms with Crippen molar-refractivity contribution in [1.29, 1.82) is 0 Å². The van der Waals surface area contributed by atoms with Gasteiger partial charge in [0.2, 0.25) is 0 Å². The normalized spacial score (nSPS) is 15.8. The van der Waals surface area contributed by atoms with Gasteiger partial charge in [-0.3, -0.25) is 0 Å². The van der Waals surface area contributed by atoms with Crippen LogP contribution in [-0.2, 0) is 0 Å². The summed E-state index contributed by atoms with van der Waals surface area (Å²) in [5.41, 5.74) is 1.22. The highest BCUT2D eigenvalue weighted by molar-refractivity contribution is 14.1. The van der Waals surface area contributed by atoms with Gasteiger partial charge < -0.3 is 5.32 Å². The highest BCUT2D eigenvalue weighted by Crippen LogP contribution is 2.39. The summed E-state index contributed by atoms with van der Waals surface area (Å²) in [6, 6.07) is 2.05. The fourth-order valence-corrected chi connectivity index (χ4v) is 5.09. The molecule has 0 aromatic carbocycles. The summed E-state index contributed by atoms with van der Waals surface area (Å²) in [7, 11) is 1.93. The Morgan fingerprint density at radius 1 is 1.35 bits per heavy atom. The van der Waals surface area contributed by atoms with Crippen molar-refractivity contribution in [2.45, 2.75) is 31.6 Å². The largest absolute Gasteiger partial charge is 0.372 e. The average molecular weight is 464 g/mol. The zero-order chi connectivity index (χ0) is 14.1. The molecule has 1 saturated carbocycles. The number of aromatic nitrogens is 2. The third kappa shape index (κ3) is 2.74. The lowest BCUT2D eigenvalue weighted by Crippen LogP contribution is -2.07. The van der Waals surface area contributed by atoms with Gasteiger partial charge in [0.25, 0.3) is 0 Å². The number of hydrogen-bond acceptors (Lipinski definition) is 4. The Bertz CT molecular complexity index is 623. The van der Waals surface area contributed by atoms with Crippen LogP contribution in [0.1, 0.15) is 37.3 Å². The number of anilines is 1. The molecule has 0 unspecified atom stereocenters. The lowest BCUT2D eigenvalue weighted by molar-refractivity contribution is 0.691. The molecule has 0 bridgehead atoms. The Hall–Kier alpha value is -0.210. The molecule has 1 aliphatic carbocycles. The minimum absolute atomic E-state index is 0.592. The molecule has 0 aliphatic heterocycles. The Kier molecular flexibility index (Phi) is 4.62. The lowest BCUT2D eigenvalue weighted by Gasteiger charge is -2.15. The molecule has 6 heteroatoms. The van der Waals surface area contributed by atoms with Gasteiger partial charge in [-0.1, -0.05) is 12.8 Å². The number of rotatable bonds is 3. The van der Waals surface area contributed by atoms with E-state index in [2.05, 4.69) is 60.3 Å². The molecule has 2 aromatic rings. The molecule has 0 amide bonds. The Morgan fingerprint density at radius 2 is 2.10 bits per heavy atom. The molecule has 0 radical (unpaired) electrons. The number of thiophene rings is 1. The Labute approximate surface area is 144 Å². The van der Waals surface area contributed by atoms with Crippen LogP contribution in [0.2, 0.25) is 0 Å². The smallest absolute Gasteiger partial charge is 0.173 e. The quantitative estimate of drug-likeness (QED) is 0.630. The van der Waals surface area contributed by atoms with E-state index in [1.807, 2.05) is 7.05 Å². The molecule has 3 nitrogen and oxygen atoms in total. The molecule has 0 spiro atoms. The van der Waals surface area contributed by atoms with Gasteiger partial charge in [0.15, 0.2) is 5.82 Å². The SMILES string of the molecule is CNc1nc(-c2sccc2Br)nc(C2CCCC2)c1I. The van der Waals surface area contributed by atoms with Crippen molar-refractivity contribution in [2.75, 3.05) is 12.4 Å². The fraction of sp³-hybridized carbons (Fsp3) is 0.429. The van der Waals surface area contributed by atoms with E-state index in [-0.39, 0.29) is 0 Å². The minimum atomic E-state index is 0.592. The first-order chi connectivity index (χ1) is 9.70. The lowest BCUT2D eigenvalue weighted by atomic mass is 10.0. The summed E-state index contributed by atoms with van der Waals surface area (Å²) >= 11 is 7.64. The van der Waals surface area contributed by atoms with E-state index in [4.69, 9.17) is 4.98 Å². The maximum Gasteiger partial charge on any atom is 0.173 e. The molecule has 0 saturated heterocycles. The molecule has 1 fully saturated rings. The van der Waals surface area contributed by atoms with Crippen LogP contribution in [0.3, 0.4) is 0 Å². The van der Waals surface area contributed by atoms with Gasteiger partial charge in [0.1, 0.15) is 5.82 Å². The first kappa shape index (κ1) is 14.7. The molecule has 0 atom stereocenters. The van der Waals surface area contributed by atoms with Crippen LogP contribution < -0.4 is 5.32 Å². The van der Waals surface area contributed by atoms with Crippen LogP contribution in [0.25, 0.3) is 10.7 Å². The maximum atomic E-state index is 4.89. The predicted molar refractivity (Wildman–Crippen MR) is 96.5 cm³/mol. The second-order valence-electron chi connectivity index (χ2n) is 4.92. The van der Waals surface area contributed by atoms with Crippen LogP contribution in [0.4, 0.5) is 5.82 Å². The zero-order valence-corrected chi connectivity index (χ0v) is 15.7. The van der Waals surface area contributed by atoms with Gasteiger partial charge in [-0.25, -0.2) is 9.97 Å². The summed E-state index contributed by atoms with van der Waals surface area (Å²) in [5, 5.41) is 5.28. The zero-order valence-electron chi connectivity index (χ0n) is 11.1. The third-order valence-corrected chi connectivity index (χ3v) is 6.57. The molecule has 1 N–H and O–H groups in total. The van der Waals surface area contributed by atoms with Crippen molar-refractivity contribution in [1.82, 2.24) is 9.97 Å². The fourth-order valence-electron chi connectivity index (χ4n) is 2.65. The summed E-state index contributed by atoms with van der Waals surface area (Å²) in [6.07, 6.45) is 5.14. The second kappa shape index (κ2) is 6.27. The topological polar surface area (TPSA) is 37.8 Å². The number of nitrogens with zero attached hydrogens (tertiary/aromatic N) is 2. The van der Waals surface area contributed by atoms with Crippen molar-refractivity contribution < 1.29 is 0 Å². The molecular weight excluding hydrogens is 449 g/mol. The van der Waals surface area contributed by atoms with Crippen molar-refractivity contribution in [2.24, 2.45) is 0 Å². The van der Waals surface area contributed by atoms with E-state index in [9.17, 15) is 0 Å². The van der Waals surface area contributed by atoms with E-state index in [1.165, 1.54) is 34.9 Å². The number of nitrogens with one attached hydrogen (secondary N) is 1. The van der Waals surface area contributed by atoms with Crippen LogP contribution in [0.15, 0.2) is 15.9 Å². The predicted octanol–water partition coefficient (Wildman–Crippen LogP) is 5.27. The Morgan fingerprint density at radius 3 is 2.70 bits per heavy atom. The van der Waals surface area contributed by atoms with Gasteiger partial charge in [0.05, 0.1) is 14.1 Å². The van der Waals surface area contributed by atoms with Crippen LogP contribution in [0.5, 0.6) is 0 Å². The van der Waals surface area contributed by atoms with Crippen molar-refractivity contribution >= 4 is 55.7 Å². The molecular formula is C14H15BrIN3S. The maximum absolute atomic E-state index is 4.89. The van der Waals surface area contributed by atoms with Gasteiger partial charge in [0, 0.05) is 17.4 Å². The summed E-state index contributed by atoms with van der Waals surface area (Å²) in [6.45, 7) is 0. The highest BCUT2D eigenvalue weighted by Gasteiger charge is 2.24. The molecule has 2 heterocycles. The van der Waals surface area contributed by atoms with E-state index < -0.39 is 0 Å². The molecule has 20 heavy (non-hydrogen) atoms. The number of hydrogen-bond donors (Lipinski definition) is 1. The average Bonchev–Trinajstić information content (AvgIpc) is 3.10. The second-order valence-corrected chi connectivity index (χ2v) is 7.77. The van der Waals surface area contributed by atoms with Crippen LogP contribution in [-0.4, -0.2) is 17.0 Å². The summed E-state index contributed by atoms with van der Waals surface area (Å²) in [4.78, 5) is 10.7.